The fourth-order valence-electron chi connectivity index (χ4n) is 4.72. The van der Waals surface area contributed by atoms with E-state index in [-0.39, 0.29) is 23.9 Å². The molecule has 3 rings (SSSR count). The number of cyclic esters (lactones) is 1. The van der Waals surface area contributed by atoms with Crippen molar-refractivity contribution >= 4 is 29.2 Å². The van der Waals surface area contributed by atoms with Gasteiger partial charge in [-0.3, -0.25) is 9.59 Å². The van der Waals surface area contributed by atoms with E-state index >= 15 is 0 Å². The normalized spacial score (nSPS) is 36.7. The maximum absolute atomic E-state index is 13.2. The minimum absolute atomic E-state index is 0.0748. The Morgan fingerprint density at radius 2 is 1.91 bits per heavy atom. The summed E-state index contributed by atoms with van der Waals surface area (Å²) >= 11 is 1.55. The van der Waals surface area contributed by atoms with Crippen LogP contribution in [0.5, 0.6) is 0 Å². The molecule has 0 aliphatic carbocycles. The topological polar surface area (TPSA) is 109 Å². The van der Waals surface area contributed by atoms with Gasteiger partial charge < -0.3 is 19.7 Å². The Labute approximate surface area is 212 Å². The molecule has 0 bridgehead atoms. The molecular formula is C27H39NO6S. The molecule has 0 unspecified atom stereocenters. The van der Waals surface area contributed by atoms with E-state index in [0.717, 1.165) is 28.3 Å². The van der Waals surface area contributed by atoms with Gasteiger partial charge in [-0.2, -0.15) is 0 Å². The number of aromatic nitrogens is 1. The third-order valence-electron chi connectivity index (χ3n) is 7.55. The first-order chi connectivity index (χ1) is 16.2. The molecule has 1 aromatic heterocycles. The quantitative estimate of drug-likeness (QED) is 0.348. The first kappa shape index (κ1) is 27.7. The molecule has 0 amide bonds. The minimum Gasteiger partial charge on any atom is -0.458 e. The summed E-state index contributed by atoms with van der Waals surface area (Å²) in [6.45, 7) is 12.6. The van der Waals surface area contributed by atoms with Crippen molar-refractivity contribution in [2.75, 3.05) is 0 Å². The zero-order chi connectivity index (χ0) is 26.1. The predicted octanol–water partition coefficient (Wildman–Crippen LogP) is 4.40. The maximum atomic E-state index is 13.2. The number of fused-ring (bicyclic) bond motifs is 1. The molecule has 2 N–H and O–H groups in total. The molecule has 1 aromatic rings. The van der Waals surface area contributed by atoms with Gasteiger partial charge in [0.05, 0.1) is 46.5 Å². The van der Waals surface area contributed by atoms with Crippen molar-refractivity contribution < 1.29 is 29.3 Å². The van der Waals surface area contributed by atoms with Crippen molar-refractivity contribution in [2.45, 2.75) is 104 Å². The van der Waals surface area contributed by atoms with Crippen LogP contribution in [-0.2, 0) is 19.1 Å². The molecule has 2 aliphatic heterocycles. The van der Waals surface area contributed by atoms with Gasteiger partial charge in [-0.1, -0.05) is 26.8 Å². The average molecular weight is 506 g/mol. The van der Waals surface area contributed by atoms with E-state index in [9.17, 15) is 19.8 Å². The van der Waals surface area contributed by atoms with Gasteiger partial charge >= 0.3 is 5.97 Å². The highest BCUT2D eigenvalue weighted by atomic mass is 32.1. The van der Waals surface area contributed by atoms with Crippen molar-refractivity contribution in [2.24, 2.45) is 11.3 Å². The molecule has 2 aliphatic rings. The summed E-state index contributed by atoms with van der Waals surface area (Å²) in [6.07, 6.45) is 2.69. The Morgan fingerprint density at radius 3 is 2.54 bits per heavy atom. The number of allylic oxidation sites excluding steroid dienone is 1. The van der Waals surface area contributed by atoms with Crippen LogP contribution in [0.1, 0.15) is 77.9 Å². The van der Waals surface area contributed by atoms with E-state index in [1.54, 1.807) is 32.1 Å². The van der Waals surface area contributed by atoms with Gasteiger partial charge in [0.15, 0.2) is 0 Å². The van der Waals surface area contributed by atoms with Crippen LogP contribution in [0.4, 0.5) is 0 Å². The monoisotopic (exact) mass is 505 g/mol. The summed E-state index contributed by atoms with van der Waals surface area (Å²) < 4.78 is 11.9. The number of epoxide rings is 1. The number of hydrogen-bond donors (Lipinski definition) is 2. The number of ketones is 1. The molecule has 3 heterocycles. The predicted molar refractivity (Wildman–Crippen MR) is 136 cm³/mol. The average Bonchev–Trinajstić information content (AvgIpc) is 3.22. The van der Waals surface area contributed by atoms with Crippen LogP contribution in [0.25, 0.3) is 6.08 Å². The molecule has 0 saturated carbocycles. The Morgan fingerprint density at radius 1 is 1.23 bits per heavy atom. The highest BCUT2D eigenvalue weighted by molar-refractivity contribution is 7.09. The zero-order valence-corrected chi connectivity index (χ0v) is 22.6. The molecule has 0 spiro atoms. The standard InChI is InChI=1S/C27H39NO6S/c1-15-9-8-10-27(7)22(34-27)12-20(16(2)11-19-14-35-18(4)28-19)33-23(30)13-21(29)26(5,6)25(32)17(3)24(15)31/h9,11,14,17,20-22,24,29,31H,8,10,12-13H2,1-7H3/b15-9+,16-11?/t17-,20+,21+,22+,24+,27+/m1/s1. The number of aryl methyl sites for hydroxylation is 1. The van der Waals surface area contributed by atoms with Crippen molar-refractivity contribution in [3.05, 3.63) is 33.3 Å². The van der Waals surface area contributed by atoms with Gasteiger partial charge in [-0.25, -0.2) is 4.98 Å². The molecule has 0 radical (unpaired) electrons. The van der Waals surface area contributed by atoms with Gasteiger partial charge in [0, 0.05) is 17.7 Å². The molecule has 1 saturated heterocycles. The molecule has 194 valence electrons. The van der Waals surface area contributed by atoms with Crippen LogP contribution in [0, 0.1) is 18.3 Å². The summed E-state index contributed by atoms with van der Waals surface area (Å²) in [6, 6.07) is 0. The number of aliphatic hydroxyl groups is 2. The SMILES string of the molecule is CC(=Cc1csc(C)n1)[C@@H]1C[C@@H]2O[C@@]2(C)CC/C=C(\C)[C@H](O)[C@@H](C)C(=O)C(C)(C)[C@@H](O)CC(=O)O1. The smallest absolute Gasteiger partial charge is 0.309 e. The number of thiazole rings is 1. The lowest BCUT2D eigenvalue weighted by Gasteiger charge is -2.33. The van der Waals surface area contributed by atoms with Gasteiger partial charge in [-0.05, 0) is 57.8 Å². The number of hydrogen-bond acceptors (Lipinski definition) is 8. The number of nitrogens with zero attached hydrogens (tertiary/aromatic N) is 1. The molecule has 35 heavy (non-hydrogen) atoms. The van der Waals surface area contributed by atoms with Crippen LogP contribution in [0.15, 0.2) is 22.6 Å². The van der Waals surface area contributed by atoms with Gasteiger partial charge in [0.25, 0.3) is 0 Å². The van der Waals surface area contributed by atoms with Gasteiger partial charge in [-0.15, -0.1) is 11.3 Å². The second-order valence-electron chi connectivity index (χ2n) is 10.8. The number of ether oxygens (including phenoxy) is 2. The molecule has 6 atom stereocenters. The largest absolute Gasteiger partial charge is 0.458 e. The highest BCUT2D eigenvalue weighted by Crippen LogP contribution is 2.44. The summed E-state index contributed by atoms with van der Waals surface area (Å²) in [7, 11) is 0. The van der Waals surface area contributed by atoms with E-state index in [1.807, 2.05) is 45.2 Å². The van der Waals surface area contributed by atoms with E-state index in [2.05, 4.69) is 4.98 Å². The van der Waals surface area contributed by atoms with Crippen LogP contribution in [0.3, 0.4) is 0 Å². The van der Waals surface area contributed by atoms with Gasteiger partial charge in [0.2, 0.25) is 0 Å². The van der Waals surface area contributed by atoms with Gasteiger partial charge in [0.1, 0.15) is 11.9 Å². The maximum Gasteiger partial charge on any atom is 0.309 e. The third kappa shape index (κ3) is 6.47. The first-order valence-corrected chi connectivity index (χ1v) is 13.2. The van der Waals surface area contributed by atoms with Crippen molar-refractivity contribution in [1.29, 1.82) is 0 Å². The van der Waals surface area contributed by atoms with E-state index in [4.69, 9.17) is 9.47 Å². The highest BCUT2D eigenvalue weighted by Gasteiger charge is 2.52. The molecule has 1 fully saturated rings. The van der Waals surface area contributed by atoms with Crippen molar-refractivity contribution in [3.63, 3.8) is 0 Å². The Kier molecular flexibility index (Phi) is 8.41. The molecule has 7 nitrogen and oxygen atoms in total. The third-order valence-corrected chi connectivity index (χ3v) is 8.34. The molecule has 0 aromatic carbocycles. The van der Waals surface area contributed by atoms with Crippen LogP contribution in [0.2, 0.25) is 0 Å². The number of carbonyl (C=O) groups excluding carboxylic acids is 2. The van der Waals surface area contributed by atoms with E-state index < -0.39 is 35.6 Å². The fourth-order valence-corrected chi connectivity index (χ4v) is 5.29. The summed E-state index contributed by atoms with van der Waals surface area (Å²) in [5, 5.41) is 24.5. The summed E-state index contributed by atoms with van der Waals surface area (Å²) in [5.74, 6) is -1.60. The van der Waals surface area contributed by atoms with Crippen LogP contribution in [-0.4, -0.2) is 57.0 Å². The Bertz CT molecular complexity index is 1010. The Balaban J connectivity index is 1.89. The van der Waals surface area contributed by atoms with E-state index in [1.165, 1.54) is 0 Å². The number of carbonyl (C=O) groups is 2. The Hall–Kier alpha value is -1.87. The summed E-state index contributed by atoms with van der Waals surface area (Å²) in [5.41, 5.74) is 0.809. The first-order valence-electron chi connectivity index (χ1n) is 12.3. The van der Waals surface area contributed by atoms with Crippen molar-refractivity contribution in [3.8, 4) is 0 Å². The second kappa shape index (κ2) is 10.6. The number of Topliss-reactive ketones (excluding diaryl/α,β-unsaturated/α-hetero) is 1. The molecular weight excluding hydrogens is 466 g/mol. The zero-order valence-electron chi connectivity index (χ0n) is 21.8. The van der Waals surface area contributed by atoms with Crippen LogP contribution >= 0.6 is 11.3 Å². The second-order valence-corrected chi connectivity index (χ2v) is 11.9. The van der Waals surface area contributed by atoms with Crippen molar-refractivity contribution in [1.82, 2.24) is 4.98 Å². The van der Waals surface area contributed by atoms with Crippen LogP contribution < -0.4 is 0 Å². The number of esters is 1. The summed E-state index contributed by atoms with van der Waals surface area (Å²) in [4.78, 5) is 30.6. The lowest BCUT2D eigenvalue weighted by Crippen LogP contribution is -2.44. The van der Waals surface area contributed by atoms with E-state index in [0.29, 0.717) is 12.8 Å². The molecule has 8 heteroatoms. The number of rotatable bonds is 2. The minimum atomic E-state index is -1.25. The lowest BCUT2D eigenvalue weighted by molar-refractivity contribution is -0.154. The fraction of sp³-hybridized carbons (Fsp3) is 0.667. The lowest BCUT2D eigenvalue weighted by atomic mass is 9.74. The number of aliphatic hydroxyl groups excluding tert-OH is 2.